The van der Waals surface area contributed by atoms with E-state index >= 15 is 0 Å². The number of carbonyl (C=O) groups is 1. The molecule has 1 aromatic rings. The molecule has 2 heterocycles. The Labute approximate surface area is 149 Å². The maximum atomic E-state index is 12.3. The van der Waals surface area contributed by atoms with Gasteiger partial charge in [0.05, 0.1) is 12.1 Å². The molecule has 1 aromatic heterocycles. The lowest BCUT2D eigenvalue weighted by Crippen LogP contribution is -2.51. The Bertz CT molecular complexity index is 608. The highest BCUT2D eigenvalue weighted by Gasteiger charge is 2.23. The van der Waals surface area contributed by atoms with E-state index in [4.69, 9.17) is 5.26 Å². The largest absolute Gasteiger partial charge is 0.354 e. The topological polar surface area (TPSA) is 72.3 Å². The van der Waals surface area contributed by atoms with Crippen LogP contribution in [0.4, 0.5) is 5.82 Å². The number of rotatable bonds is 4. The van der Waals surface area contributed by atoms with Crippen LogP contribution in [0.5, 0.6) is 0 Å². The fraction of sp³-hybridized carbons (Fsp3) is 0.632. The second-order valence-corrected chi connectivity index (χ2v) is 7.30. The fourth-order valence-electron chi connectivity index (χ4n) is 3.66. The van der Waals surface area contributed by atoms with E-state index in [1.807, 2.05) is 6.07 Å². The number of hydrogen-bond donors (Lipinski definition) is 1. The number of hydrogen-bond acceptors (Lipinski definition) is 5. The van der Waals surface area contributed by atoms with Crippen molar-refractivity contribution in [1.82, 2.24) is 15.2 Å². The monoisotopic (exact) mass is 341 g/mol. The van der Waals surface area contributed by atoms with Crippen molar-refractivity contribution in [3.63, 3.8) is 0 Å². The molecular formula is C19H27N5O. The van der Waals surface area contributed by atoms with Crippen LogP contribution >= 0.6 is 0 Å². The Balaban J connectivity index is 1.41. The Hall–Kier alpha value is -2.13. The maximum Gasteiger partial charge on any atom is 0.234 e. The molecule has 1 aliphatic carbocycles. The second kappa shape index (κ2) is 8.30. The summed E-state index contributed by atoms with van der Waals surface area (Å²) in [6, 6.07) is 6.15. The van der Waals surface area contributed by atoms with Gasteiger partial charge in [0.1, 0.15) is 11.9 Å². The van der Waals surface area contributed by atoms with Gasteiger partial charge in [0, 0.05) is 38.4 Å². The third kappa shape index (κ3) is 4.93. The average molecular weight is 341 g/mol. The number of nitriles is 1. The van der Waals surface area contributed by atoms with Crippen molar-refractivity contribution in [2.24, 2.45) is 5.92 Å². The lowest BCUT2D eigenvalue weighted by Gasteiger charge is -2.35. The zero-order chi connectivity index (χ0) is 17.6. The first-order valence-electron chi connectivity index (χ1n) is 9.27. The van der Waals surface area contributed by atoms with Gasteiger partial charge < -0.3 is 10.2 Å². The van der Waals surface area contributed by atoms with Crippen LogP contribution in [0, 0.1) is 17.2 Å². The molecule has 0 bridgehead atoms. The number of pyridine rings is 1. The van der Waals surface area contributed by atoms with E-state index in [0.717, 1.165) is 50.8 Å². The summed E-state index contributed by atoms with van der Waals surface area (Å²) in [7, 11) is 0. The normalized spacial score (nSPS) is 24.6. The van der Waals surface area contributed by atoms with Crippen LogP contribution in [0.2, 0.25) is 0 Å². The van der Waals surface area contributed by atoms with Crippen molar-refractivity contribution < 1.29 is 4.79 Å². The Morgan fingerprint density at radius 1 is 1.24 bits per heavy atom. The minimum absolute atomic E-state index is 0.157. The molecule has 0 spiro atoms. The fourth-order valence-corrected chi connectivity index (χ4v) is 3.66. The predicted octanol–water partition coefficient (Wildman–Crippen LogP) is 1.77. The van der Waals surface area contributed by atoms with Gasteiger partial charge in [0.2, 0.25) is 5.91 Å². The van der Waals surface area contributed by atoms with Gasteiger partial charge in [-0.2, -0.15) is 5.26 Å². The van der Waals surface area contributed by atoms with Crippen molar-refractivity contribution in [3.05, 3.63) is 23.9 Å². The first-order valence-corrected chi connectivity index (χ1v) is 9.27. The lowest BCUT2D eigenvalue weighted by atomic mass is 9.87. The minimum Gasteiger partial charge on any atom is -0.354 e. The zero-order valence-corrected chi connectivity index (χ0v) is 14.9. The lowest BCUT2D eigenvalue weighted by molar-refractivity contribution is -0.123. The Kier molecular flexibility index (Phi) is 5.87. The first kappa shape index (κ1) is 17.7. The van der Waals surface area contributed by atoms with Gasteiger partial charge in [-0.1, -0.05) is 6.92 Å². The Morgan fingerprint density at radius 2 is 1.96 bits per heavy atom. The Morgan fingerprint density at radius 3 is 2.56 bits per heavy atom. The maximum absolute atomic E-state index is 12.3. The minimum atomic E-state index is 0.157. The standard InChI is InChI=1S/C19H27N5O/c1-15-2-5-17(6-3-15)22-19(25)14-23-8-10-24(11-9-23)18-7-4-16(12-20)13-21-18/h4,7,13,15,17H,2-3,5-6,8-11,14H2,1H3,(H,22,25). The van der Waals surface area contributed by atoms with Gasteiger partial charge in [-0.3, -0.25) is 9.69 Å². The molecule has 1 saturated carbocycles. The van der Waals surface area contributed by atoms with Gasteiger partial charge in [0.15, 0.2) is 0 Å². The smallest absolute Gasteiger partial charge is 0.234 e. The quantitative estimate of drug-likeness (QED) is 0.904. The number of amides is 1. The van der Waals surface area contributed by atoms with Gasteiger partial charge in [0.25, 0.3) is 0 Å². The van der Waals surface area contributed by atoms with Crippen molar-refractivity contribution in [2.45, 2.75) is 38.6 Å². The van der Waals surface area contributed by atoms with Crippen LogP contribution in [0.1, 0.15) is 38.2 Å². The van der Waals surface area contributed by atoms with E-state index in [2.05, 4.69) is 33.1 Å². The summed E-state index contributed by atoms with van der Waals surface area (Å²) in [5, 5.41) is 12.0. The molecule has 25 heavy (non-hydrogen) atoms. The molecule has 6 nitrogen and oxygen atoms in total. The van der Waals surface area contributed by atoms with E-state index in [0.29, 0.717) is 18.2 Å². The molecule has 1 amide bonds. The third-order valence-corrected chi connectivity index (χ3v) is 5.32. The van der Waals surface area contributed by atoms with Crippen LogP contribution < -0.4 is 10.2 Å². The molecule has 134 valence electrons. The van der Waals surface area contributed by atoms with Gasteiger partial charge in [-0.25, -0.2) is 4.98 Å². The SMILES string of the molecule is CC1CCC(NC(=O)CN2CCN(c3ccc(C#N)cn3)CC2)CC1. The van der Waals surface area contributed by atoms with Gasteiger partial charge >= 0.3 is 0 Å². The molecule has 0 aromatic carbocycles. The molecule has 3 rings (SSSR count). The molecule has 0 unspecified atom stereocenters. The highest BCUT2D eigenvalue weighted by atomic mass is 16.2. The van der Waals surface area contributed by atoms with Crippen LogP contribution in [0.25, 0.3) is 0 Å². The average Bonchev–Trinajstić information content (AvgIpc) is 2.64. The second-order valence-electron chi connectivity index (χ2n) is 7.30. The number of nitrogens with one attached hydrogen (secondary N) is 1. The van der Waals surface area contributed by atoms with Gasteiger partial charge in [-0.15, -0.1) is 0 Å². The summed E-state index contributed by atoms with van der Waals surface area (Å²) in [4.78, 5) is 21.0. The van der Waals surface area contributed by atoms with E-state index in [1.54, 1.807) is 12.3 Å². The van der Waals surface area contributed by atoms with E-state index in [9.17, 15) is 4.79 Å². The van der Waals surface area contributed by atoms with Crippen LogP contribution in [0.3, 0.4) is 0 Å². The van der Waals surface area contributed by atoms with Crippen molar-refractivity contribution in [3.8, 4) is 6.07 Å². The molecule has 1 N–H and O–H groups in total. The number of anilines is 1. The first-order chi connectivity index (χ1) is 12.1. The van der Waals surface area contributed by atoms with Gasteiger partial charge in [-0.05, 0) is 43.7 Å². The van der Waals surface area contributed by atoms with Crippen LogP contribution in [-0.2, 0) is 4.79 Å². The van der Waals surface area contributed by atoms with E-state index in [1.165, 1.54) is 12.8 Å². The molecule has 6 heteroatoms. The molecule has 1 aliphatic heterocycles. The van der Waals surface area contributed by atoms with E-state index < -0.39 is 0 Å². The number of aromatic nitrogens is 1. The molecular weight excluding hydrogens is 314 g/mol. The molecule has 2 fully saturated rings. The molecule has 0 atom stereocenters. The molecule has 0 radical (unpaired) electrons. The zero-order valence-electron chi connectivity index (χ0n) is 14.9. The summed E-state index contributed by atoms with van der Waals surface area (Å²) in [5.41, 5.74) is 0.580. The summed E-state index contributed by atoms with van der Waals surface area (Å²) in [6.07, 6.45) is 6.29. The summed E-state index contributed by atoms with van der Waals surface area (Å²) in [6.45, 7) is 6.20. The highest BCUT2D eigenvalue weighted by Crippen LogP contribution is 2.23. The van der Waals surface area contributed by atoms with Crippen molar-refractivity contribution in [1.29, 1.82) is 5.26 Å². The third-order valence-electron chi connectivity index (χ3n) is 5.32. The highest BCUT2D eigenvalue weighted by molar-refractivity contribution is 5.78. The van der Waals surface area contributed by atoms with Crippen LogP contribution in [-0.4, -0.2) is 54.6 Å². The number of nitrogens with zero attached hydrogens (tertiary/aromatic N) is 4. The van der Waals surface area contributed by atoms with Crippen molar-refractivity contribution in [2.75, 3.05) is 37.6 Å². The summed E-state index contributed by atoms with van der Waals surface area (Å²) >= 11 is 0. The number of piperazine rings is 1. The summed E-state index contributed by atoms with van der Waals surface area (Å²) in [5.74, 6) is 1.86. The van der Waals surface area contributed by atoms with Crippen LogP contribution in [0.15, 0.2) is 18.3 Å². The predicted molar refractivity (Wildman–Crippen MR) is 97.2 cm³/mol. The van der Waals surface area contributed by atoms with Crippen molar-refractivity contribution >= 4 is 11.7 Å². The van der Waals surface area contributed by atoms with E-state index in [-0.39, 0.29) is 5.91 Å². The summed E-state index contributed by atoms with van der Waals surface area (Å²) < 4.78 is 0. The number of carbonyl (C=O) groups excluding carboxylic acids is 1. The molecule has 2 aliphatic rings. The molecule has 1 saturated heterocycles.